The summed E-state index contributed by atoms with van der Waals surface area (Å²) in [6, 6.07) is 0.713. The van der Waals surface area contributed by atoms with Gasteiger partial charge in [0.15, 0.2) is 0 Å². The molecule has 0 spiro atoms. The van der Waals surface area contributed by atoms with E-state index in [1.165, 1.54) is 19.4 Å². The maximum Gasteiger partial charge on any atom is 0.253 e. The number of nitrogens with one attached hydrogen (secondary N) is 2. The van der Waals surface area contributed by atoms with Gasteiger partial charge in [0, 0.05) is 19.9 Å². The number of pyridine rings is 1. The van der Waals surface area contributed by atoms with Crippen LogP contribution in [0.15, 0.2) is 12.3 Å². The van der Waals surface area contributed by atoms with Gasteiger partial charge in [-0.2, -0.15) is 0 Å². The van der Waals surface area contributed by atoms with Gasteiger partial charge in [0.25, 0.3) is 5.91 Å². The van der Waals surface area contributed by atoms with Crippen molar-refractivity contribution in [3.05, 3.63) is 22.8 Å². The van der Waals surface area contributed by atoms with Gasteiger partial charge in [-0.05, 0) is 13.0 Å². The lowest BCUT2D eigenvalue weighted by molar-refractivity contribution is -0.122. The number of aromatic nitrogens is 1. The van der Waals surface area contributed by atoms with Crippen LogP contribution < -0.4 is 16.4 Å². The van der Waals surface area contributed by atoms with Crippen molar-refractivity contribution in [2.75, 3.05) is 26.0 Å². The molecule has 2 amide bonds. The lowest BCUT2D eigenvalue weighted by Crippen LogP contribution is -2.45. The van der Waals surface area contributed by atoms with Gasteiger partial charge >= 0.3 is 0 Å². The number of nitrogen functional groups attached to an aromatic ring is 1. The molecule has 0 saturated carbocycles. The molecule has 7 nitrogen and oxygen atoms in total. The maximum absolute atomic E-state index is 11.9. The van der Waals surface area contributed by atoms with Crippen LogP contribution in [0.1, 0.15) is 17.3 Å². The molecule has 4 N–H and O–H groups in total. The standard InChI is InChI=1S/C12H17ClN4O3/c1-7(11(18)15-3-4-20-2)17-12(19)8-5-9(13)10(14)16-6-8/h5-7H,3-4H2,1-2H3,(H2,14,16)(H,15,18)(H,17,19). The topological polar surface area (TPSA) is 106 Å². The molecule has 20 heavy (non-hydrogen) atoms. The Morgan fingerprint density at radius 3 is 2.85 bits per heavy atom. The second-order valence-corrected chi connectivity index (χ2v) is 4.48. The van der Waals surface area contributed by atoms with Crippen LogP contribution in [0.25, 0.3) is 0 Å². The van der Waals surface area contributed by atoms with Gasteiger partial charge in [-0.25, -0.2) is 4.98 Å². The minimum Gasteiger partial charge on any atom is -0.383 e. The number of halogens is 1. The van der Waals surface area contributed by atoms with Gasteiger partial charge in [-0.3, -0.25) is 9.59 Å². The van der Waals surface area contributed by atoms with Crippen LogP contribution in [-0.2, 0) is 9.53 Å². The van der Waals surface area contributed by atoms with Crippen LogP contribution in [-0.4, -0.2) is 43.1 Å². The van der Waals surface area contributed by atoms with Gasteiger partial charge in [-0.1, -0.05) is 11.6 Å². The van der Waals surface area contributed by atoms with Crippen LogP contribution in [0.5, 0.6) is 0 Å². The molecule has 0 saturated heterocycles. The number of anilines is 1. The lowest BCUT2D eigenvalue weighted by Gasteiger charge is -2.14. The third kappa shape index (κ3) is 4.67. The highest BCUT2D eigenvalue weighted by molar-refractivity contribution is 6.33. The molecule has 0 bridgehead atoms. The summed E-state index contributed by atoms with van der Waals surface area (Å²) in [4.78, 5) is 27.3. The largest absolute Gasteiger partial charge is 0.383 e. The fraction of sp³-hybridized carbons (Fsp3) is 0.417. The Bertz CT molecular complexity index is 496. The van der Waals surface area contributed by atoms with E-state index in [0.29, 0.717) is 13.2 Å². The van der Waals surface area contributed by atoms with E-state index >= 15 is 0 Å². The zero-order chi connectivity index (χ0) is 15.1. The number of hydrogen-bond donors (Lipinski definition) is 3. The average molecular weight is 301 g/mol. The Balaban J connectivity index is 2.56. The van der Waals surface area contributed by atoms with Crippen molar-refractivity contribution in [1.82, 2.24) is 15.6 Å². The number of methoxy groups -OCH3 is 1. The first-order chi connectivity index (χ1) is 9.45. The molecule has 1 atom stereocenters. The number of ether oxygens (including phenoxy) is 1. The Labute approximate surface area is 121 Å². The first-order valence-electron chi connectivity index (χ1n) is 5.94. The predicted molar refractivity (Wildman–Crippen MR) is 75.5 cm³/mol. The average Bonchev–Trinajstić information content (AvgIpc) is 2.41. The number of carbonyl (C=O) groups excluding carboxylic acids is 2. The molecule has 0 fully saturated rings. The van der Waals surface area contributed by atoms with E-state index in [9.17, 15) is 9.59 Å². The predicted octanol–water partition coefficient (Wildman–Crippen LogP) is 0.198. The zero-order valence-electron chi connectivity index (χ0n) is 11.3. The molecule has 0 aliphatic heterocycles. The molecule has 1 heterocycles. The second-order valence-electron chi connectivity index (χ2n) is 4.07. The Morgan fingerprint density at radius 2 is 2.25 bits per heavy atom. The van der Waals surface area contributed by atoms with Crippen molar-refractivity contribution in [3.63, 3.8) is 0 Å². The van der Waals surface area contributed by atoms with Crippen molar-refractivity contribution in [1.29, 1.82) is 0 Å². The molecule has 8 heteroatoms. The summed E-state index contributed by atoms with van der Waals surface area (Å²) in [7, 11) is 1.54. The summed E-state index contributed by atoms with van der Waals surface area (Å²) in [5.74, 6) is -0.604. The zero-order valence-corrected chi connectivity index (χ0v) is 12.0. The molecule has 1 rings (SSSR count). The minimum atomic E-state index is -0.685. The van der Waals surface area contributed by atoms with Crippen LogP contribution in [0.4, 0.5) is 5.82 Å². The van der Waals surface area contributed by atoms with Crippen molar-refractivity contribution in [3.8, 4) is 0 Å². The Morgan fingerprint density at radius 1 is 1.55 bits per heavy atom. The summed E-state index contributed by atoms with van der Waals surface area (Å²) in [5.41, 5.74) is 5.69. The summed E-state index contributed by atoms with van der Waals surface area (Å²) < 4.78 is 4.81. The van der Waals surface area contributed by atoms with Crippen molar-refractivity contribution in [2.45, 2.75) is 13.0 Å². The molecule has 1 aromatic rings. The summed E-state index contributed by atoms with van der Waals surface area (Å²) >= 11 is 5.78. The molecule has 1 unspecified atom stereocenters. The maximum atomic E-state index is 11.9. The number of nitrogens with zero attached hydrogens (tertiary/aromatic N) is 1. The van der Waals surface area contributed by atoms with Crippen LogP contribution in [0.3, 0.4) is 0 Å². The highest BCUT2D eigenvalue weighted by atomic mass is 35.5. The van der Waals surface area contributed by atoms with E-state index in [1.54, 1.807) is 6.92 Å². The summed E-state index contributed by atoms with van der Waals surface area (Å²) in [6.45, 7) is 2.36. The highest BCUT2D eigenvalue weighted by Crippen LogP contribution is 2.16. The van der Waals surface area contributed by atoms with Gasteiger partial charge in [-0.15, -0.1) is 0 Å². The van der Waals surface area contributed by atoms with E-state index < -0.39 is 11.9 Å². The minimum absolute atomic E-state index is 0.147. The molecule has 110 valence electrons. The third-order valence-corrected chi connectivity index (χ3v) is 2.78. The highest BCUT2D eigenvalue weighted by Gasteiger charge is 2.17. The van der Waals surface area contributed by atoms with Gasteiger partial charge in [0.1, 0.15) is 11.9 Å². The van der Waals surface area contributed by atoms with Crippen LogP contribution in [0.2, 0.25) is 5.02 Å². The van der Waals surface area contributed by atoms with E-state index in [4.69, 9.17) is 22.1 Å². The SMILES string of the molecule is COCCNC(=O)C(C)NC(=O)c1cnc(N)c(Cl)c1. The van der Waals surface area contributed by atoms with Crippen LogP contribution in [0, 0.1) is 0 Å². The van der Waals surface area contributed by atoms with Crippen LogP contribution >= 0.6 is 11.6 Å². The first kappa shape index (κ1) is 16.2. The molecule has 0 radical (unpaired) electrons. The van der Waals surface area contributed by atoms with Crippen molar-refractivity contribution < 1.29 is 14.3 Å². The third-order valence-electron chi connectivity index (χ3n) is 2.48. The van der Waals surface area contributed by atoms with Gasteiger partial charge in [0.2, 0.25) is 5.91 Å². The van der Waals surface area contributed by atoms with Gasteiger partial charge in [0.05, 0.1) is 17.2 Å². The van der Waals surface area contributed by atoms with E-state index in [2.05, 4.69) is 15.6 Å². The monoisotopic (exact) mass is 300 g/mol. The van der Waals surface area contributed by atoms with Gasteiger partial charge < -0.3 is 21.1 Å². The molecular weight excluding hydrogens is 284 g/mol. The molecule has 0 aliphatic carbocycles. The van der Waals surface area contributed by atoms with Crippen molar-refractivity contribution >= 4 is 29.2 Å². The number of amides is 2. The first-order valence-corrected chi connectivity index (χ1v) is 6.32. The normalized spacial score (nSPS) is 11.8. The Kier molecular flexibility index (Phi) is 6.20. The molecule has 1 aromatic heterocycles. The summed E-state index contributed by atoms with van der Waals surface area (Å²) in [5, 5.41) is 5.35. The van der Waals surface area contributed by atoms with E-state index in [-0.39, 0.29) is 22.3 Å². The lowest BCUT2D eigenvalue weighted by atomic mass is 10.2. The fourth-order valence-corrected chi connectivity index (χ4v) is 1.51. The Hall–Kier alpha value is -1.86. The fourth-order valence-electron chi connectivity index (χ4n) is 1.35. The molecule has 0 aliphatic rings. The smallest absolute Gasteiger partial charge is 0.253 e. The number of carbonyl (C=O) groups is 2. The second kappa shape index (κ2) is 7.66. The van der Waals surface area contributed by atoms with E-state index in [1.807, 2.05) is 0 Å². The molecule has 0 aromatic carbocycles. The molecular formula is C12H17ClN4O3. The van der Waals surface area contributed by atoms with Crippen molar-refractivity contribution in [2.24, 2.45) is 0 Å². The number of hydrogen-bond acceptors (Lipinski definition) is 5. The number of nitrogens with two attached hydrogens (primary N) is 1. The quantitative estimate of drug-likeness (QED) is 0.651. The van der Waals surface area contributed by atoms with E-state index in [0.717, 1.165) is 0 Å². The number of rotatable bonds is 6. The summed E-state index contributed by atoms with van der Waals surface area (Å²) in [6.07, 6.45) is 1.30.